The molecular weight excluding hydrogens is 487 g/mol. The number of allylic oxidation sites excluding steroid dienone is 4. The summed E-state index contributed by atoms with van der Waals surface area (Å²) in [6.45, 7) is 1.31. The molecular formula is C22H15BCl4F2O2. The first-order chi connectivity index (χ1) is 14.7. The highest BCUT2D eigenvalue weighted by Crippen LogP contribution is 2.42. The van der Waals surface area contributed by atoms with Crippen LogP contribution in [0.3, 0.4) is 0 Å². The zero-order valence-corrected chi connectivity index (χ0v) is 19.2. The van der Waals surface area contributed by atoms with Crippen LogP contribution in [-0.4, -0.2) is 13.3 Å². The van der Waals surface area contributed by atoms with E-state index in [4.69, 9.17) is 51.1 Å². The number of carbonyl (C=O) groups is 1. The van der Waals surface area contributed by atoms with Crippen LogP contribution >= 0.6 is 46.4 Å². The molecule has 1 atom stereocenters. The van der Waals surface area contributed by atoms with Crippen LogP contribution in [0, 0.1) is 0 Å². The summed E-state index contributed by atoms with van der Waals surface area (Å²) in [5.74, 6) is -1.15. The Bertz CT molecular complexity index is 1110. The summed E-state index contributed by atoms with van der Waals surface area (Å²) in [5.41, 5.74) is 2.08. The fourth-order valence-corrected chi connectivity index (χ4v) is 4.44. The van der Waals surface area contributed by atoms with E-state index in [0.717, 1.165) is 0 Å². The predicted octanol–water partition coefficient (Wildman–Crippen LogP) is 8.21. The average Bonchev–Trinajstić information content (AvgIpc) is 2.66. The van der Waals surface area contributed by atoms with Crippen molar-refractivity contribution in [2.24, 2.45) is 0 Å². The van der Waals surface area contributed by atoms with E-state index < -0.39 is 13.4 Å². The Morgan fingerprint density at radius 2 is 1.68 bits per heavy atom. The number of Topliss-reactive ketones (excluding diaryl/α,β-unsaturated/α-hetero) is 1. The number of halogens is 6. The fourth-order valence-electron chi connectivity index (χ4n) is 3.43. The third kappa shape index (κ3) is 5.92. The summed E-state index contributed by atoms with van der Waals surface area (Å²) in [6.07, 6.45) is 5.25. The van der Waals surface area contributed by atoms with Gasteiger partial charge in [0.25, 0.3) is 0 Å². The van der Waals surface area contributed by atoms with Crippen molar-refractivity contribution in [3.05, 3.63) is 96.7 Å². The quantitative estimate of drug-likeness (QED) is 0.373. The molecule has 0 saturated heterocycles. The summed E-state index contributed by atoms with van der Waals surface area (Å²) in [7, 11) is -3.09. The summed E-state index contributed by atoms with van der Waals surface area (Å²) in [6, 6.07) is 9.90. The molecule has 0 saturated carbocycles. The Balaban J connectivity index is 2.08. The third-order valence-corrected chi connectivity index (χ3v) is 5.87. The van der Waals surface area contributed by atoms with E-state index in [-0.39, 0.29) is 17.1 Å². The summed E-state index contributed by atoms with van der Waals surface area (Å²) < 4.78 is 30.9. The monoisotopic (exact) mass is 500 g/mol. The first-order valence-corrected chi connectivity index (χ1v) is 10.7. The predicted molar refractivity (Wildman–Crippen MR) is 124 cm³/mol. The molecule has 1 aliphatic rings. The summed E-state index contributed by atoms with van der Waals surface area (Å²) in [5, 5.41) is 1.70. The highest BCUT2D eigenvalue weighted by molar-refractivity contribution is 6.36. The van der Waals surface area contributed by atoms with Crippen LogP contribution < -0.4 is 0 Å². The lowest BCUT2D eigenvalue weighted by molar-refractivity contribution is -0.114. The topological polar surface area (TPSA) is 26.3 Å². The SMILES string of the molecule is CC(=O)C1=C(OB(F)F)C=C(/C=C\c2ccc(Cl)cc2Cl)C[C@H]1c1ccc(Cl)cc1Cl. The largest absolute Gasteiger partial charge is 0.796 e. The molecule has 0 bridgehead atoms. The van der Waals surface area contributed by atoms with Crippen molar-refractivity contribution in [2.75, 3.05) is 0 Å². The van der Waals surface area contributed by atoms with Crippen molar-refractivity contribution >= 4 is 65.7 Å². The molecule has 2 aromatic carbocycles. The van der Waals surface area contributed by atoms with Gasteiger partial charge in [0.1, 0.15) is 5.76 Å². The summed E-state index contributed by atoms with van der Waals surface area (Å²) in [4.78, 5) is 12.4. The molecule has 1 aliphatic carbocycles. The van der Waals surface area contributed by atoms with Crippen LogP contribution in [0.2, 0.25) is 20.1 Å². The summed E-state index contributed by atoms with van der Waals surface area (Å²) >= 11 is 24.5. The van der Waals surface area contributed by atoms with Gasteiger partial charge in [0.05, 0.1) is 0 Å². The molecule has 0 spiro atoms. The second-order valence-electron chi connectivity index (χ2n) is 6.85. The molecule has 0 amide bonds. The van der Waals surface area contributed by atoms with Crippen LogP contribution in [0.5, 0.6) is 0 Å². The molecule has 2 aromatic rings. The van der Waals surface area contributed by atoms with Crippen LogP contribution in [0.15, 0.2) is 65.5 Å². The molecule has 0 unspecified atom stereocenters. The molecule has 0 heterocycles. The standard InChI is InChI=1S/C22H15BCl4F2O2/c1-12(30)22-18(17-7-6-16(25)11-20(17)27)8-13(9-21(22)31-23(28)29)2-3-14-4-5-15(24)10-19(14)26/h2-7,9-11,18H,8H2,1H3/b3-2-/t18-/m0/s1. The maximum atomic E-state index is 13.1. The lowest BCUT2D eigenvalue weighted by atomic mass is 9.79. The Morgan fingerprint density at radius 3 is 2.26 bits per heavy atom. The Labute approximate surface area is 199 Å². The van der Waals surface area contributed by atoms with E-state index in [1.807, 2.05) is 0 Å². The Morgan fingerprint density at radius 1 is 1.03 bits per heavy atom. The van der Waals surface area contributed by atoms with Gasteiger partial charge in [0, 0.05) is 31.6 Å². The van der Waals surface area contributed by atoms with E-state index in [1.54, 1.807) is 48.6 Å². The van der Waals surface area contributed by atoms with Crippen molar-refractivity contribution in [2.45, 2.75) is 19.3 Å². The maximum absolute atomic E-state index is 13.1. The van der Waals surface area contributed by atoms with E-state index in [1.165, 1.54) is 13.0 Å². The minimum absolute atomic E-state index is 0.131. The van der Waals surface area contributed by atoms with Gasteiger partial charge in [-0.25, -0.2) is 8.63 Å². The molecule has 160 valence electrons. The average molecular weight is 502 g/mol. The second kappa shape index (κ2) is 10.2. The first-order valence-electron chi connectivity index (χ1n) is 9.14. The fraction of sp³-hybridized carbons (Fsp3) is 0.136. The van der Waals surface area contributed by atoms with Crippen molar-refractivity contribution in [1.29, 1.82) is 0 Å². The smallest absolute Gasteiger partial charge is 0.505 e. The molecule has 0 radical (unpaired) electrons. The van der Waals surface area contributed by atoms with Gasteiger partial charge in [-0.3, -0.25) is 4.79 Å². The Kier molecular flexibility index (Phi) is 7.87. The number of carbonyl (C=O) groups excluding carboxylic acids is 1. The minimum atomic E-state index is -3.09. The number of rotatable bonds is 6. The van der Waals surface area contributed by atoms with Crippen LogP contribution in [0.4, 0.5) is 8.63 Å². The van der Waals surface area contributed by atoms with Gasteiger partial charge in [0.15, 0.2) is 5.78 Å². The van der Waals surface area contributed by atoms with Gasteiger partial charge in [-0.05, 0) is 60.4 Å². The number of ketones is 1. The van der Waals surface area contributed by atoms with Crippen LogP contribution in [0.25, 0.3) is 6.08 Å². The van der Waals surface area contributed by atoms with Crippen molar-refractivity contribution in [3.8, 4) is 0 Å². The first kappa shape index (κ1) is 23.9. The normalized spacial score (nSPS) is 16.5. The molecule has 0 N–H and O–H groups in total. The van der Waals surface area contributed by atoms with Gasteiger partial charge >= 0.3 is 7.47 Å². The van der Waals surface area contributed by atoms with E-state index in [0.29, 0.717) is 43.2 Å². The van der Waals surface area contributed by atoms with Gasteiger partial charge in [-0.1, -0.05) is 70.7 Å². The van der Waals surface area contributed by atoms with Gasteiger partial charge in [-0.15, -0.1) is 0 Å². The number of benzene rings is 2. The van der Waals surface area contributed by atoms with Gasteiger partial charge < -0.3 is 4.65 Å². The van der Waals surface area contributed by atoms with Crippen molar-refractivity contribution in [1.82, 2.24) is 0 Å². The lowest BCUT2D eigenvalue weighted by Crippen LogP contribution is -2.19. The molecule has 0 aromatic heterocycles. The van der Waals surface area contributed by atoms with Crippen LogP contribution in [-0.2, 0) is 9.45 Å². The van der Waals surface area contributed by atoms with E-state index in [2.05, 4.69) is 0 Å². The third-order valence-electron chi connectivity index (χ3n) is 4.74. The molecule has 9 heteroatoms. The van der Waals surface area contributed by atoms with Crippen LogP contribution in [0.1, 0.15) is 30.4 Å². The van der Waals surface area contributed by atoms with Crippen molar-refractivity contribution in [3.63, 3.8) is 0 Å². The zero-order valence-electron chi connectivity index (χ0n) is 16.1. The highest BCUT2D eigenvalue weighted by Gasteiger charge is 2.32. The number of hydrogen-bond donors (Lipinski definition) is 0. The molecule has 0 aliphatic heterocycles. The Hall–Kier alpha value is -1.79. The molecule has 3 rings (SSSR count). The second-order valence-corrected chi connectivity index (χ2v) is 8.54. The number of hydrogen-bond acceptors (Lipinski definition) is 2. The lowest BCUT2D eigenvalue weighted by Gasteiger charge is -2.27. The van der Waals surface area contributed by atoms with E-state index in [9.17, 15) is 13.4 Å². The molecule has 31 heavy (non-hydrogen) atoms. The molecule has 0 fully saturated rings. The van der Waals surface area contributed by atoms with Gasteiger partial charge in [-0.2, -0.15) is 0 Å². The maximum Gasteiger partial charge on any atom is 0.796 e. The van der Waals surface area contributed by atoms with Crippen molar-refractivity contribution < 1.29 is 18.1 Å². The van der Waals surface area contributed by atoms with E-state index >= 15 is 0 Å². The van der Waals surface area contributed by atoms with Gasteiger partial charge in [0.2, 0.25) is 0 Å². The molecule has 2 nitrogen and oxygen atoms in total. The highest BCUT2D eigenvalue weighted by atomic mass is 35.5. The zero-order chi connectivity index (χ0) is 22.7. The minimum Gasteiger partial charge on any atom is -0.505 e.